The Kier molecular flexibility index (Phi) is 4.60. The maximum atomic E-state index is 5.68. The highest BCUT2D eigenvalue weighted by Gasteiger charge is 2.01. The molecule has 4 heteroatoms. The molecule has 3 N–H and O–H groups in total. The minimum Gasteiger partial charge on any atom is -1.00 e. The molecule has 1 rings (SSSR count). The predicted octanol–water partition coefficient (Wildman–Crippen LogP) is -1.13. The molecule has 56 valence electrons. The maximum Gasteiger partial charge on any atom is 0.148 e. The average Bonchev–Trinajstić information content (AvgIpc) is 1.83. The summed E-state index contributed by atoms with van der Waals surface area (Å²) in [6.07, 6.45) is 0. The fourth-order valence-corrected chi connectivity index (χ4v) is 0.869. The molecule has 0 saturated heterocycles. The number of quaternary nitrogens is 1. The van der Waals surface area contributed by atoms with E-state index in [-0.39, 0.29) is 24.0 Å². The Hall–Kier alpha value is 0.490. The lowest BCUT2D eigenvalue weighted by Crippen LogP contribution is -3.00. The van der Waals surface area contributed by atoms with Crippen LogP contribution < -0.4 is 29.7 Å². The summed E-state index contributed by atoms with van der Waals surface area (Å²) < 4.78 is 0. The van der Waals surface area contributed by atoms with Gasteiger partial charge in [0, 0.05) is 6.07 Å². The van der Waals surface area contributed by atoms with Crippen molar-refractivity contribution in [2.45, 2.75) is 0 Å². The summed E-state index contributed by atoms with van der Waals surface area (Å²) in [6.45, 7) is 0. The normalized spacial score (nSPS) is 8.70. The summed E-state index contributed by atoms with van der Waals surface area (Å²) in [5.74, 6) is 0. The lowest BCUT2D eigenvalue weighted by Gasteiger charge is -1.92. The van der Waals surface area contributed by atoms with Gasteiger partial charge in [0.2, 0.25) is 0 Å². The molecule has 0 amide bonds. The quantitative estimate of drug-likeness (QED) is 0.586. The number of hydrogen-bond donors (Lipinski definition) is 1. The number of hydrogen-bond acceptors (Lipinski definition) is 0. The number of benzene rings is 1. The zero-order valence-corrected chi connectivity index (χ0v) is 8.74. The van der Waals surface area contributed by atoms with Crippen LogP contribution in [0.15, 0.2) is 18.2 Å². The molecule has 0 heterocycles. The van der Waals surface area contributed by atoms with Crippen molar-refractivity contribution in [1.29, 1.82) is 0 Å². The average molecular weight is 290 g/mol. The molecule has 1 nitrogen and oxygen atoms in total. The van der Waals surface area contributed by atoms with Crippen molar-refractivity contribution in [2.75, 3.05) is 0 Å². The topological polar surface area (TPSA) is 27.6 Å². The third-order valence-corrected chi connectivity index (χ3v) is 1.89. The van der Waals surface area contributed by atoms with Gasteiger partial charge in [-0.25, -0.2) is 0 Å². The van der Waals surface area contributed by atoms with Gasteiger partial charge in [0.05, 0.1) is 5.02 Å². The van der Waals surface area contributed by atoms with E-state index in [1.807, 2.05) is 12.1 Å². The Morgan fingerprint density at radius 2 is 1.80 bits per heavy atom. The molecule has 1 aromatic carbocycles. The van der Waals surface area contributed by atoms with Crippen LogP contribution in [0.4, 0.5) is 5.69 Å². The van der Waals surface area contributed by atoms with Gasteiger partial charge < -0.3 is 29.7 Å². The Morgan fingerprint density at radius 3 is 2.20 bits per heavy atom. The first-order chi connectivity index (χ1) is 4.22. The van der Waals surface area contributed by atoms with Gasteiger partial charge >= 0.3 is 0 Å². The fourth-order valence-electron chi connectivity index (χ4n) is 0.548. The van der Waals surface area contributed by atoms with Crippen LogP contribution in [-0.2, 0) is 0 Å². The van der Waals surface area contributed by atoms with Crippen molar-refractivity contribution >= 4 is 28.9 Å². The van der Waals surface area contributed by atoms with Crippen molar-refractivity contribution < 1.29 is 29.7 Å². The summed E-state index contributed by atoms with van der Waals surface area (Å²) in [5, 5.41) is 1.10. The highest BCUT2D eigenvalue weighted by atomic mass is 127. The zero-order chi connectivity index (χ0) is 6.85. The highest BCUT2D eigenvalue weighted by Crippen LogP contribution is 2.25. The van der Waals surface area contributed by atoms with Gasteiger partial charge in [-0.2, -0.15) is 0 Å². The van der Waals surface area contributed by atoms with Gasteiger partial charge in [0.15, 0.2) is 0 Å². The lowest BCUT2D eigenvalue weighted by atomic mass is 10.3. The van der Waals surface area contributed by atoms with E-state index in [9.17, 15) is 0 Å². The second kappa shape index (κ2) is 4.38. The first-order valence-corrected chi connectivity index (χ1v) is 3.23. The molecular formula is C6H6Cl2IN. The standard InChI is InChI=1S/C6H5Cl2N.HI/c7-4-2-1-3-5(9)6(4)8;/h1-3H,9H2;1H. The van der Waals surface area contributed by atoms with Crippen LogP contribution in [0.25, 0.3) is 0 Å². The zero-order valence-electron chi connectivity index (χ0n) is 5.07. The monoisotopic (exact) mass is 289 g/mol. The van der Waals surface area contributed by atoms with Crippen molar-refractivity contribution in [1.82, 2.24) is 0 Å². The van der Waals surface area contributed by atoms with Crippen LogP contribution >= 0.6 is 23.2 Å². The Labute approximate surface area is 86.5 Å². The van der Waals surface area contributed by atoms with Gasteiger partial charge in [0.25, 0.3) is 0 Å². The molecule has 0 aliphatic rings. The molecule has 0 aromatic heterocycles. The number of rotatable bonds is 0. The molecule has 0 radical (unpaired) electrons. The van der Waals surface area contributed by atoms with Crippen LogP contribution in [0.5, 0.6) is 0 Å². The predicted molar refractivity (Wildman–Crippen MR) is 39.0 cm³/mol. The minimum absolute atomic E-state index is 0. The van der Waals surface area contributed by atoms with Crippen molar-refractivity contribution in [3.05, 3.63) is 28.2 Å². The molecule has 0 aliphatic heterocycles. The van der Waals surface area contributed by atoms with E-state index >= 15 is 0 Å². The Bertz CT molecular complexity index is 207. The number of halogens is 3. The Morgan fingerprint density at radius 1 is 1.20 bits per heavy atom. The van der Waals surface area contributed by atoms with E-state index in [1.54, 1.807) is 6.07 Å². The van der Waals surface area contributed by atoms with Crippen molar-refractivity contribution in [3.63, 3.8) is 0 Å². The van der Waals surface area contributed by atoms with Crippen LogP contribution in [0.1, 0.15) is 0 Å². The van der Waals surface area contributed by atoms with Gasteiger partial charge in [-0.15, -0.1) is 0 Å². The molecule has 0 atom stereocenters. The smallest absolute Gasteiger partial charge is 0.148 e. The Balaban J connectivity index is 0.000000810. The first-order valence-electron chi connectivity index (χ1n) is 2.48. The summed E-state index contributed by atoms with van der Waals surface area (Å²) in [5.41, 5.74) is 4.43. The molecule has 0 unspecified atom stereocenters. The van der Waals surface area contributed by atoms with Crippen LogP contribution in [0, 0.1) is 0 Å². The summed E-state index contributed by atoms with van der Waals surface area (Å²) in [6, 6.07) is 5.36. The van der Waals surface area contributed by atoms with E-state index < -0.39 is 0 Å². The van der Waals surface area contributed by atoms with Crippen molar-refractivity contribution in [3.8, 4) is 0 Å². The van der Waals surface area contributed by atoms with Crippen LogP contribution in [-0.4, -0.2) is 0 Å². The molecule has 0 fully saturated rings. The van der Waals surface area contributed by atoms with E-state index in [1.165, 1.54) is 0 Å². The second-order valence-electron chi connectivity index (χ2n) is 1.71. The molecule has 0 saturated carbocycles. The molecule has 0 spiro atoms. The molecule has 10 heavy (non-hydrogen) atoms. The maximum absolute atomic E-state index is 5.68. The third kappa shape index (κ3) is 2.27. The molecule has 0 bridgehead atoms. The summed E-state index contributed by atoms with van der Waals surface area (Å²) in [7, 11) is 0. The largest absolute Gasteiger partial charge is 1.00 e. The second-order valence-corrected chi connectivity index (χ2v) is 2.50. The first kappa shape index (κ1) is 10.5. The van der Waals surface area contributed by atoms with Crippen LogP contribution in [0.2, 0.25) is 10.0 Å². The molecule has 1 aromatic rings. The minimum atomic E-state index is 0. The van der Waals surface area contributed by atoms with E-state index in [0.717, 1.165) is 5.69 Å². The fraction of sp³-hybridized carbons (Fsp3) is 0. The van der Waals surface area contributed by atoms with Gasteiger partial charge in [-0.1, -0.05) is 29.3 Å². The van der Waals surface area contributed by atoms with E-state index in [4.69, 9.17) is 23.2 Å². The van der Waals surface area contributed by atoms with Gasteiger partial charge in [-0.3, -0.25) is 0 Å². The summed E-state index contributed by atoms with van der Waals surface area (Å²) in [4.78, 5) is 0. The lowest BCUT2D eigenvalue weighted by molar-refractivity contribution is -0.254. The SMILES string of the molecule is [I-].[NH3+]c1cccc(Cl)c1Cl. The van der Waals surface area contributed by atoms with E-state index in [0.29, 0.717) is 10.0 Å². The summed E-state index contributed by atoms with van der Waals surface area (Å²) >= 11 is 11.3. The van der Waals surface area contributed by atoms with Crippen molar-refractivity contribution in [2.24, 2.45) is 0 Å². The van der Waals surface area contributed by atoms with Gasteiger partial charge in [0.1, 0.15) is 10.7 Å². The molecule has 0 aliphatic carbocycles. The third-order valence-electron chi connectivity index (χ3n) is 1.03. The molecular weight excluding hydrogens is 284 g/mol. The van der Waals surface area contributed by atoms with Gasteiger partial charge in [-0.05, 0) is 6.07 Å². The highest BCUT2D eigenvalue weighted by molar-refractivity contribution is 6.43. The van der Waals surface area contributed by atoms with Crippen LogP contribution in [0.3, 0.4) is 0 Å². The van der Waals surface area contributed by atoms with E-state index in [2.05, 4.69) is 5.73 Å².